The van der Waals surface area contributed by atoms with E-state index in [-0.39, 0.29) is 12.4 Å². The normalized spacial score (nSPS) is 12.8. The van der Waals surface area contributed by atoms with E-state index < -0.39 is 31.8 Å². The van der Waals surface area contributed by atoms with E-state index in [0.29, 0.717) is 0 Å². The molecule has 0 spiro atoms. The summed E-state index contributed by atoms with van der Waals surface area (Å²) in [5.41, 5.74) is -6.74. The molecule has 5 nitrogen and oxygen atoms in total. The molecule has 0 saturated carbocycles. The van der Waals surface area contributed by atoms with E-state index >= 15 is 0 Å². The molecule has 9 heteroatoms. The first kappa shape index (κ1) is 18.3. The van der Waals surface area contributed by atoms with Crippen LogP contribution in [0.15, 0.2) is 29.2 Å². The minimum atomic E-state index is -5.41. The first-order chi connectivity index (χ1) is 9.91. The number of benzene rings is 1. The van der Waals surface area contributed by atoms with E-state index in [0.717, 1.165) is 24.3 Å². The fourth-order valence-corrected chi connectivity index (χ4v) is 2.22. The topological polar surface area (TPSA) is 69.7 Å². The maximum absolute atomic E-state index is 12.4. The number of sulfone groups is 1. The molecule has 0 aliphatic heterocycles. The molecule has 0 atom stereocenters. The maximum Gasteiger partial charge on any atom is 0.501 e. The fraction of sp³-hybridized carbons (Fsp3) is 0.462. The number of hydrogen-bond donors (Lipinski definition) is 0. The molecular formula is C13H15F3O5S. The van der Waals surface area contributed by atoms with Crippen molar-refractivity contribution in [2.45, 2.75) is 36.8 Å². The monoisotopic (exact) mass is 340 g/mol. The second kappa shape index (κ2) is 6.15. The highest BCUT2D eigenvalue weighted by atomic mass is 32.2. The summed E-state index contributed by atoms with van der Waals surface area (Å²) in [4.78, 5) is 10.7. The molecule has 0 radical (unpaired) electrons. The SMILES string of the molecule is CCOC(=O)C(C)(C)Oc1ccc(S(=O)(=O)C(F)(F)F)cc1. The van der Waals surface area contributed by atoms with Gasteiger partial charge in [-0.1, -0.05) is 0 Å². The molecule has 0 heterocycles. The number of alkyl halides is 3. The lowest BCUT2D eigenvalue weighted by atomic mass is 10.1. The maximum atomic E-state index is 12.4. The molecular weight excluding hydrogens is 325 g/mol. The number of hydrogen-bond acceptors (Lipinski definition) is 5. The Hall–Kier alpha value is -1.77. The van der Waals surface area contributed by atoms with Gasteiger partial charge < -0.3 is 9.47 Å². The summed E-state index contributed by atoms with van der Waals surface area (Å²) in [6.45, 7) is 4.61. The van der Waals surface area contributed by atoms with Crippen molar-refractivity contribution >= 4 is 15.8 Å². The number of ether oxygens (including phenoxy) is 2. The molecule has 0 bridgehead atoms. The minimum absolute atomic E-state index is 0.0409. The summed E-state index contributed by atoms with van der Waals surface area (Å²) in [7, 11) is -5.41. The van der Waals surface area contributed by atoms with Gasteiger partial charge in [0.15, 0.2) is 5.60 Å². The molecule has 0 amide bonds. The van der Waals surface area contributed by atoms with Crippen LogP contribution in [0.5, 0.6) is 5.75 Å². The minimum Gasteiger partial charge on any atom is -0.476 e. The van der Waals surface area contributed by atoms with Gasteiger partial charge in [0.2, 0.25) is 0 Å². The Labute approximate surface area is 125 Å². The van der Waals surface area contributed by atoms with E-state index in [1.54, 1.807) is 6.92 Å². The van der Waals surface area contributed by atoms with E-state index in [1.165, 1.54) is 13.8 Å². The quantitative estimate of drug-likeness (QED) is 0.771. The molecule has 1 aromatic rings. The van der Waals surface area contributed by atoms with Gasteiger partial charge in [-0.15, -0.1) is 0 Å². The predicted octanol–water partition coefficient (Wildman–Crippen LogP) is 2.70. The molecule has 1 rings (SSSR count). The van der Waals surface area contributed by atoms with Crippen molar-refractivity contribution in [1.82, 2.24) is 0 Å². The molecule has 0 N–H and O–H groups in total. The lowest BCUT2D eigenvalue weighted by molar-refractivity contribution is -0.158. The average molecular weight is 340 g/mol. The lowest BCUT2D eigenvalue weighted by Gasteiger charge is -2.24. The van der Waals surface area contributed by atoms with Gasteiger partial charge in [-0.05, 0) is 45.0 Å². The Balaban J connectivity index is 2.98. The highest BCUT2D eigenvalue weighted by Gasteiger charge is 2.46. The zero-order valence-corrected chi connectivity index (χ0v) is 12.9. The summed E-state index contributed by atoms with van der Waals surface area (Å²) in [5, 5.41) is 0. The molecule has 0 unspecified atom stereocenters. The van der Waals surface area contributed by atoms with E-state index in [4.69, 9.17) is 9.47 Å². The Bertz CT molecular complexity index is 633. The van der Waals surface area contributed by atoms with Crippen molar-refractivity contribution in [2.24, 2.45) is 0 Å². The van der Waals surface area contributed by atoms with Crippen LogP contribution in [0.2, 0.25) is 0 Å². The summed E-state index contributed by atoms with van der Waals surface area (Å²) in [6, 6.07) is 3.61. The summed E-state index contributed by atoms with van der Waals surface area (Å²) < 4.78 is 69.7. The number of halogens is 3. The van der Waals surface area contributed by atoms with Crippen molar-refractivity contribution in [3.8, 4) is 5.75 Å². The van der Waals surface area contributed by atoms with Crippen molar-refractivity contribution in [3.63, 3.8) is 0 Å². The van der Waals surface area contributed by atoms with Crippen molar-refractivity contribution < 1.29 is 35.9 Å². The lowest BCUT2D eigenvalue weighted by Crippen LogP contribution is -2.39. The Morgan fingerprint density at radius 1 is 1.14 bits per heavy atom. The van der Waals surface area contributed by atoms with Crippen LogP contribution in [0.25, 0.3) is 0 Å². The first-order valence-electron chi connectivity index (χ1n) is 6.19. The molecule has 22 heavy (non-hydrogen) atoms. The third-order valence-electron chi connectivity index (χ3n) is 2.58. The second-order valence-corrected chi connectivity index (χ2v) is 6.69. The van der Waals surface area contributed by atoms with E-state index in [2.05, 4.69) is 0 Å². The van der Waals surface area contributed by atoms with Crippen molar-refractivity contribution in [1.29, 1.82) is 0 Å². The molecule has 0 fully saturated rings. The highest BCUT2D eigenvalue weighted by molar-refractivity contribution is 7.92. The fourth-order valence-electron chi connectivity index (χ4n) is 1.46. The standard InChI is InChI=1S/C13H15F3O5S/c1-4-20-11(17)12(2,3)21-9-5-7-10(8-6-9)22(18,19)13(14,15)16/h5-8H,4H2,1-3H3. The van der Waals surface area contributed by atoms with E-state index in [9.17, 15) is 26.4 Å². The number of esters is 1. The molecule has 124 valence electrons. The van der Waals surface area contributed by atoms with Crippen LogP contribution in [0.1, 0.15) is 20.8 Å². The molecule has 1 aromatic carbocycles. The van der Waals surface area contributed by atoms with Crippen LogP contribution in [0, 0.1) is 0 Å². The van der Waals surface area contributed by atoms with Gasteiger partial charge in [-0.25, -0.2) is 13.2 Å². The average Bonchev–Trinajstić information content (AvgIpc) is 2.37. The smallest absolute Gasteiger partial charge is 0.476 e. The second-order valence-electron chi connectivity index (χ2n) is 4.75. The van der Waals surface area contributed by atoms with Gasteiger partial charge in [-0.3, -0.25) is 0 Å². The van der Waals surface area contributed by atoms with Crippen LogP contribution in [-0.2, 0) is 19.4 Å². The largest absolute Gasteiger partial charge is 0.501 e. The van der Waals surface area contributed by atoms with Crippen LogP contribution in [0.3, 0.4) is 0 Å². The van der Waals surface area contributed by atoms with Crippen LogP contribution in [-0.4, -0.2) is 32.1 Å². The van der Waals surface area contributed by atoms with Gasteiger partial charge >= 0.3 is 11.5 Å². The zero-order valence-electron chi connectivity index (χ0n) is 12.1. The Morgan fingerprint density at radius 3 is 2.05 bits per heavy atom. The van der Waals surface area contributed by atoms with E-state index in [1.807, 2.05) is 0 Å². The number of rotatable bonds is 5. The Kier molecular flexibility index (Phi) is 5.11. The molecule has 0 aliphatic carbocycles. The Morgan fingerprint density at radius 2 is 1.64 bits per heavy atom. The molecule has 0 aromatic heterocycles. The molecule has 0 saturated heterocycles. The summed E-state index contributed by atoms with van der Waals surface area (Å²) >= 11 is 0. The third kappa shape index (κ3) is 3.90. The van der Waals surface area contributed by atoms with Crippen molar-refractivity contribution in [3.05, 3.63) is 24.3 Å². The van der Waals surface area contributed by atoms with Gasteiger partial charge in [-0.2, -0.15) is 13.2 Å². The zero-order chi connectivity index (χ0) is 17.2. The summed E-state index contributed by atoms with van der Waals surface area (Å²) in [6.07, 6.45) is 0. The summed E-state index contributed by atoms with van der Waals surface area (Å²) in [5.74, 6) is -0.610. The van der Waals surface area contributed by atoms with Crippen LogP contribution < -0.4 is 4.74 Å². The van der Waals surface area contributed by atoms with Gasteiger partial charge in [0.25, 0.3) is 9.84 Å². The predicted molar refractivity (Wildman–Crippen MR) is 71.0 cm³/mol. The van der Waals surface area contributed by atoms with Crippen molar-refractivity contribution in [2.75, 3.05) is 6.61 Å². The van der Waals surface area contributed by atoms with Crippen LogP contribution in [0.4, 0.5) is 13.2 Å². The number of carbonyl (C=O) groups is 1. The van der Waals surface area contributed by atoms with Crippen LogP contribution >= 0.6 is 0 Å². The number of carbonyl (C=O) groups excluding carboxylic acids is 1. The van der Waals surface area contributed by atoms with Gasteiger partial charge in [0.05, 0.1) is 11.5 Å². The van der Waals surface area contributed by atoms with Gasteiger partial charge in [0.1, 0.15) is 5.75 Å². The molecule has 0 aliphatic rings. The van der Waals surface area contributed by atoms with Gasteiger partial charge in [0, 0.05) is 0 Å². The first-order valence-corrected chi connectivity index (χ1v) is 7.68. The highest BCUT2D eigenvalue weighted by Crippen LogP contribution is 2.31. The third-order valence-corrected chi connectivity index (χ3v) is 4.08.